The van der Waals surface area contributed by atoms with Gasteiger partial charge in [0.05, 0.1) is 6.04 Å². The van der Waals surface area contributed by atoms with Crippen LogP contribution in [0.15, 0.2) is 18.2 Å². The monoisotopic (exact) mass is 272 g/mol. The second-order valence-electron chi connectivity index (χ2n) is 4.10. The predicted octanol–water partition coefficient (Wildman–Crippen LogP) is 2.10. The minimum absolute atomic E-state index is 0.00984. The highest BCUT2D eigenvalue weighted by molar-refractivity contribution is 5.74. The highest BCUT2D eigenvalue weighted by Gasteiger charge is 2.16. The van der Waals surface area contributed by atoms with Crippen molar-refractivity contribution in [3.05, 3.63) is 35.4 Å². The van der Waals surface area contributed by atoms with Crippen LogP contribution < -0.4 is 10.6 Å². The van der Waals surface area contributed by atoms with Gasteiger partial charge >= 0.3 is 6.03 Å². The van der Waals surface area contributed by atoms with Gasteiger partial charge in [-0.15, -0.1) is 0 Å². The van der Waals surface area contributed by atoms with Crippen molar-refractivity contribution in [1.82, 2.24) is 10.6 Å². The predicted molar refractivity (Wildman–Crippen MR) is 67.6 cm³/mol. The van der Waals surface area contributed by atoms with E-state index in [2.05, 4.69) is 10.6 Å². The molecule has 0 aliphatic rings. The van der Waals surface area contributed by atoms with Crippen molar-refractivity contribution in [3.8, 4) is 0 Å². The number of aliphatic hydroxyl groups excluding tert-OH is 1. The summed E-state index contributed by atoms with van der Waals surface area (Å²) in [6.07, 6.45) is 0.936. The van der Waals surface area contributed by atoms with E-state index in [-0.39, 0.29) is 12.2 Å². The minimum Gasteiger partial charge on any atom is -0.396 e. The summed E-state index contributed by atoms with van der Waals surface area (Å²) >= 11 is 0. The summed E-state index contributed by atoms with van der Waals surface area (Å²) in [7, 11) is 0. The number of hydrogen-bond donors (Lipinski definition) is 3. The lowest BCUT2D eigenvalue weighted by Crippen LogP contribution is -2.38. The number of nitrogens with one attached hydrogen (secondary N) is 2. The molecule has 0 saturated heterocycles. The maximum atomic E-state index is 13.6. The highest BCUT2D eigenvalue weighted by atomic mass is 19.1. The Hall–Kier alpha value is -1.69. The molecule has 1 atom stereocenters. The molecule has 1 aromatic rings. The molecule has 0 radical (unpaired) electrons. The molecule has 6 heteroatoms. The van der Waals surface area contributed by atoms with Crippen LogP contribution in [-0.2, 0) is 0 Å². The number of benzene rings is 1. The molecule has 19 heavy (non-hydrogen) atoms. The average molecular weight is 272 g/mol. The van der Waals surface area contributed by atoms with E-state index in [0.717, 1.165) is 12.1 Å². The third-order valence-corrected chi connectivity index (χ3v) is 2.67. The molecule has 0 spiro atoms. The van der Waals surface area contributed by atoms with E-state index >= 15 is 0 Å². The number of halogens is 2. The van der Waals surface area contributed by atoms with Crippen LogP contribution in [0.3, 0.4) is 0 Å². The minimum atomic E-state index is -0.678. The second-order valence-corrected chi connectivity index (χ2v) is 4.10. The Morgan fingerprint density at radius 1 is 1.42 bits per heavy atom. The molecule has 0 saturated carbocycles. The Bertz CT molecular complexity index is 427. The van der Waals surface area contributed by atoms with Crippen LogP contribution in [0.4, 0.5) is 13.6 Å². The topological polar surface area (TPSA) is 61.4 Å². The van der Waals surface area contributed by atoms with E-state index in [0.29, 0.717) is 19.4 Å². The fourth-order valence-electron chi connectivity index (χ4n) is 1.67. The van der Waals surface area contributed by atoms with Gasteiger partial charge in [0.25, 0.3) is 0 Å². The van der Waals surface area contributed by atoms with Crippen LogP contribution >= 0.6 is 0 Å². The first kappa shape index (κ1) is 15.4. The number of carbonyl (C=O) groups excluding carboxylic acids is 1. The fraction of sp³-hybridized carbons (Fsp3) is 0.462. The van der Waals surface area contributed by atoms with Gasteiger partial charge in [0.1, 0.15) is 11.6 Å². The van der Waals surface area contributed by atoms with Crippen LogP contribution in [-0.4, -0.2) is 24.3 Å². The first-order valence-corrected chi connectivity index (χ1v) is 6.18. The van der Waals surface area contributed by atoms with Gasteiger partial charge in [-0.3, -0.25) is 0 Å². The summed E-state index contributed by atoms with van der Waals surface area (Å²) in [5.74, 6) is -1.33. The Kier molecular flexibility index (Phi) is 6.21. The van der Waals surface area contributed by atoms with Gasteiger partial charge in [-0.1, -0.05) is 13.0 Å². The van der Waals surface area contributed by atoms with Crippen molar-refractivity contribution < 1.29 is 18.7 Å². The van der Waals surface area contributed by atoms with Gasteiger partial charge in [-0.25, -0.2) is 13.6 Å². The van der Waals surface area contributed by atoms with Gasteiger partial charge in [-0.05, 0) is 18.9 Å². The van der Waals surface area contributed by atoms with Crippen molar-refractivity contribution in [1.29, 1.82) is 0 Å². The molecule has 0 heterocycles. The number of rotatable bonds is 6. The van der Waals surface area contributed by atoms with Crippen molar-refractivity contribution >= 4 is 6.03 Å². The van der Waals surface area contributed by atoms with Gasteiger partial charge in [-0.2, -0.15) is 0 Å². The number of aliphatic hydroxyl groups is 1. The SMILES string of the molecule is CCC(NC(=O)NCCCO)c1ccc(F)cc1F. The molecule has 1 unspecified atom stereocenters. The summed E-state index contributed by atoms with van der Waals surface area (Å²) in [5, 5.41) is 13.7. The summed E-state index contributed by atoms with van der Waals surface area (Å²) in [6.45, 7) is 2.12. The van der Waals surface area contributed by atoms with Crippen molar-refractivity contribution in [2.24, 2.45) is 0 Å². The van der Waals surface area contributed by atoms with E-state index in [1.54, 1.807) is 6.92 Å². The lowest BCUT2D eigenvalue weighted by molar-refractivity contribution is 0.234. The van der Waals surface area contributed by atoms with Gasteiger partial charge in [0.2, 0.25) is 0 Å². The van der Waals surface area contributed by atoms with E-state index in [1.165, 1.54) is 6.07 Å². The van der Waals surface area contributed by atoms with Crippen LogP contribution in [0, 0.1) is 11.6 Å². The Labute approximate surface area is 110 Å². The molecule has 2 amide bonds. The second kappa shape index (κ2) is 7.68. The van der Waals surface area contributed by atoms with E-state index < -0.39 is 23.7 Å². The van der Waals surface area contributed by atoms with Crippen LogP contribution in [0.5, 0.6) is 0 Å². The number of urea groups is 1. The third-order valence-electron chi connectivity index (χ3n) is 2.67. The highest BCUT2D eigenvalue weighted by Crippen LogP contribution is 2.20. The summed E-state index contributed by atoms with van der Waals surface area (Å²) in [6, 6.07) is 2.32. The zero-order chi connectivity index (χ0) is 14.3. The maximum absolute atomic E-state index is 13.6. The van der Waals surface area contributed by atoms with Crippen molar-refractivity contribution in [2.45, 2.75) is 25.8 Å². The molecule has 1 aromatic carbocycles. The molecule has 0 fully saturated rings. The molecule has 0 aliphatic heterocycles. The van der Waals surface area contributed by atoms with E-state index in [9.17, 15) is 13.6 Å². The van der Waals surface area contributed by atoms with Crippen molar-refractivity contribution in [3.63, 3.8) is 0 Å². The first-order chi connectivity index (χ1) is 9.08. The summed E-state index contributed by atoms with van der Waals surface area (Å²) in [5.41, 5.74) is 0.251. The zero-order valence-electron chi connectivity index (χ0n) is 10.7. The molecule has 0 bridgehead atoms. The number of hydrogen-bond acceptors (Lipinski definition) is 2. The molecule has 0 aromatic heterocycles. The Balaban J connectivity index is 2.64. The quantitative estimate of drug-likeness (QED) is 0.694. The van der Waals surface area contributed by atoms with E-state index in [4.69, 9.17) is 5.11 Å². The van der Waals surface area contributed by atoms with Crippen molar-refractivity contribution in [2.75, 3.05) is 13.2 Å². The van der Waals surface area contributed by atoms with Crippen LogP contribution in [0.2, 0.25) is 0 Å². The fourth-order valence-corrected chi connectivity index (χ4v) is 1.67. The zero-order valence-corrected chi connectivity index (χ0v) is 10.7. The molecule has 3 N–H and O–H groups in total. The standard InChI is InChI=1S/C13H18F2N2O2/c1-2-12(17-13(19)16-6-3-7-18)10-5-4-9(14)8-11(10)15/h4-5,8,12,18H,2-3,6-7H2,1H3,(H2,16,17,19). The largest absolute Gasteiger partial charge is 0.396 e. The number of amides is 2. The summed E-state index contributed by atoms with van der Waals surface area (Å²) in [4.78, 5) is 11.5. The summed E-state index contributed by atoms with van der Waals surface area (Å²) < 4.78 is 26.4. The molecule has 4 nitrogen and oxygen atoms in total. The third kappa shape index (κ3) is 4.82. The smallest absolute Gasteiger partial charge is 0.315 e. The van der Waals surface area contributed by atoms with Gasteiger partial charge in [0.15, 0.2) is 0 Å². The van der Waals surface area contributed by atoms with E-state index in [1.807, 2.05) is 0 Å². The normalized spacial score (nSPS) is 12.0. The molecule has 0 aliphatic carbocycles. The van der Waals surface area contributed by atoms with Crippen LogP contribution in [0.25, 0.3) is 0 Å². The van der Waals surface area contributed by atoms with Crippen LogP contribution in [0.1, 0.15) is 31.4 Å². The molecule has 106 valence electrons. The number of carbonyl (C=O) groups is 1. The first-order valence-electron chi connectivity index (χ1n) is 6.18. The lowest BCUT2D eigenvalue weighted by atomic mass is 10.0. The van der Waals surface area contributed by atoms with Gasteiger partial charge < -0.3 is 15.7 Å². The maximum Gasteiger partial charge on any atom is 0.315 e. The van der Waals surface area contributed by atoms with Gasteiger partial charge in [0, 0.05) is 24.8 Å². The Morgan fingerprint density at radius 3 is 2.74 bits per heavy atom. The lowest BCUT2D eigenvalue weighted by Gasteiger charge is -2.18. The average Bonchev–Trinajstić information content (AvgIpc) is 2.37. The molecule has 1 rings (SSSR count). The molecular weight excluding hydrogens is 254 g/mol. The molecular formula is C13H18F2N2O2. The Morgan fingerprint density at radius 2 is 2.16 bits per heavy atom.